The Balaban J connectivity index is 1.92. The Kier molecular flexibility index (Phi) is 6.42. The van der Waals surface area contributed by atoms with Crippen molar-refractivity contribution in [2.75, 3.05) is 6.54 Å². The summed E-state index contributed by atoms with van der Waals surface area (Å²) in [7, 11) is 0. The average Bonchev–Trinajstić information content (AvgIpc) is 2.61. The topological polar surface area (TPSA) is 38.3 Å². The second-order valence-electron chi connectivity index (χ2n) is 6.32. The molecule has 1 amide bonds. The summed E-state index contributed by atoms with van der Waals surface area (Å²) in [6.45, 7) is 8.79. The third kappa shape index (κ3) is 4.85. The molecule has 0 saturated carbocycles. The molecule has 0 aromatic heterocycles. The molecule has 0 aliphatic heterocycles. The van der Waals surface area contributed by atoms with Gasteiger partial charge in [-0.15, -0.1) is 0 Å². The SMILES string of the molecule is CC[C@@H](Oc1ccc(C)c(C)c1)C(=O)NC[C@@H](C)c1ccccc1. The van der Waals surface area contributed by atoms with E-state index in [9.17, 15) is 4.79 Å². The lowest BCUT2D eigenvalue weighted by Gasteiger charge is -2.19. The van der Waals surface area contributed by atoms with Gasteiger partial charge in [0.2, 0.25) is 0 Å². The molecule has 0 spiro atoms. The van der Waals surface area contributed by atoms with Gasteiger partial charge in [0, 0.05) is 6.54 Å². The number of hydrogen-bond acceptors (Lipinski definition) is 2. The fourth-order valence-electron chi connectivity index (χ4n) is 2.54. The van der Waals surface area contributed by atoms with Crippen molar-refractivity contribution in [1.29, 1.82) is 0 Å². The van der Waals surface area contributed by atoms with Crippen LogP contribution in [0.15, 0.2) is 48.5 Å². The zero-order chi connectivity index (χ0) is 17.5. The molecular weight excluding hydrogens is 298 g/mol. The highest BCUT2D eigenvalue weighted by Crippen LogP contribution is 2.19. The van der Waals surface area contributed by atoms with Gasteiger partial charge in [0.25, 0.3) is 5.91 Å². The predicted molar refractivity (Wildman–Crippen MR) is 98.5 cm³/mol. The molecule has 0 radical (unpaired) electrons. The van der Waals surface area contributed by atoms with Gasteiger partial charge in [0.15, 0.2) is 6.10 Å². The number of aryl methyl sites for hydroxylation is 2. The highest BCUT2D eigenvalue weighted by molar-refractivity contribution is 5.81. The van der Waals surface area contributed by atoms with Crippen LogP contribution in [0, 0.1) is 13.8 Å². The largest absolute Gasteiger partial charge is 0.481 e. The van der Waals surface area contributed by atoms with Gasteiger partial charge in [0.1, 0.15) is 5.75 Å². The van der Waals surface area contributed by atoms with E-state index in [4.69, 9.17) is 4.74 Å². The minimum absolute atomic E-state index is 0.0569. The maximum atomic E-state index is 12.4. The highest BCUT2D eigenvalue weighted by Gasteiger charge is 2.19. The van der Waals surface area contributed by atoms with E-state index in [-0.39, 0.29) is 11.8 Å². The summed E-state index contributed by atoms with van der Waals surface area (Å²) in [5, 5.41) is 3.01. The van der Waals surface area contributed by atoms with Gasteiger partial charge >= 0.3 is 0 Å². The summed E-state index contributed by atoms with van der Waals surface area (Å²) in [5.41, 5.74) is 3.61. The van der Waals surface area contributed by atoms with Crippen molar-refractivity contribution < 1.29 is 9.53 Å². The van der Waals surface area contributed by atoms with E-state index in [0.717, 1.165) is 5.75 Å². The molecule has 2 aromatic rings. The van der Waals surface area contributed by atoms with Crippen LogP contribution in [0.2, 0.25) is 0 Å². The molecule has 1 N–H and O–H groups in total. The van der Waals surface area contributed by atoms with E-state index in [2.05, 4.69) is 31.3 Å². The van der Waals surface area contributed by atoms with Gasteiger partial charge in [-0.05, 0) is 55.0 Å². The minimum atomic E-state index is -0.463. The standard InChI is InChI=1S/C21H27NO2/c1-5-20(24-19-12-11-15(2)16(3)13-19)21(23)22-14-17(4)18-9-7-6-8-10-18/h6-13,17,20H,5,14H2,1-4H3,(H,22,23)/t17-,20-/m1/s1. The molecular formula is C21H27NO2. The molecule has 3 heteroatoms. The van der Waals surface area contributed by atoms with Gasteiger partial charge < -0.3 is 10.1 Å². The van der Waals surface area contributed by atoms with Crippen molar-refractivity contribution in [2.24, 2.45) is 0 Å². The summed E-state index contributed by atoms with van der Waals surface area (Å²) in [6, 6.07) is 16.1. The molecule has 2 rings (SSSR count). The van der Waals surface area contributed by atoms with Crippen LogP contribution in [0.5, 0.6) is 5.75 Å². The Morgan fingerprint density at radius 2 is 1.79 bits per heavy atom. The molecule has 0 bridgehead atoms. The minimum Gasteiger partial charge on any atom is -0.481 e. The first-order chi connectivity index (χ1) is 11.5. The zero-order valence-corrected chi connectivity index (χ0v) is 15.0. The second-order valence-corrected chi connectivity index (χ2v) is 6.32. The molecule has 0 fully saturated rings. The fourth-order valence-corrected chi connectivity index (χ4v) is 2.54. The molecule has 0 aliphatic carbocycles. The van der Waals surface area contributed by atoms with Crippen LogP contribution in [-0.2, 0) is 4.79 Å². The van der Waals surface area contributed by atoms with Crippen molar-refractivity contribution in [3.05, 3.63) is 65.2 Å². The van der Waals surface area contributed by atoms with Crippen LogP contribution in [0.3, 0.4) is 0 Å². The third-order valence-corrected chi connectivity index (χ3v) is 4.37. The second kappa shape index (κ2) is 8.53. The smallest absolute Gasteiger partial charge is 0.261 e. The number of hydrogen-bond donors (Lipinski definition) is 1. The number of amides is 1. The van der Waals surface area contributed by atoms with E-state index >= 15 is 0 Å². The zero-order valence-electron chi connectivity index (χ0n) is 15.0. The molecule has 0 aliphatic rings. The summed E-state index contributed by atoms with van der Waals surface area (Å²) < 4.78 is 5.89. The van der Waals surface area contributed by atoms with E-state index < -0.39 is 6.10 Å². The van der Waals surface area contributed by atoms with Crippen LogP contribution >= 0.6 is 0 Å². The van der Waals surface area contributed by atoms with Crippen LogP contribution in [-0.4, -0.2) is 18.6 Å². The molecule has 3 nitrogen and oxygen atoms in total. The van der Waals surface area contributed by atoms with Crippen LogP contribution < -0.4 is 10.1 Å². The van der Waals surface area contributed by atoms with Crippen molar-refractivity contribution in [1.82, 2.24) is 5.32 Å². The molecule has 0 heterocycles. The number of carbonyl (C=O) groups excluding carboxylic acids is 1. The van der Waals surface area contributed by atoms with Crippen molar-refractivity contribution in [3.8, 4) is 5.75 Å². The van der Waals surface area contributed by atoms with Gasteiger partial charge in [0.05, 0.1) is 0 Å². The van der Waals surface area contributed by atoms with Crippen molar-refractivity contribution >= 4 is 5.91 Å². The Labute approximate surface area is 145 Å². The monoisotopic (exact) mass is 325 g/mol. The molecule has 24 heavy (non-hydrogen) atoms. The van der Waals surface area contributed by atoms with E-state index in [1.54, 1.807) is 0 Å². The van der Waals surface area contributed by atoms with E-state index in [1.165, 1.54) is 16.7 Å². The Morgan fingerprint density at radius 1 is 1.08 bits per heavy atom. The summed E-state index contributed by atoms with van der Waals surface area (Å²) in [4.78, 5) is 12.4. The van der Waals surface area contributed by atoms with Gasteiger partial charge in [-0.2, -0.15) is 0 Å². The summed E-state index contributed by atoms with van der Waals surface area (Å²) in [6.07, 6.45) is 0.174. The number of carbonyl (C=O) groups is 1. The molecule has 2 atom stereocenters. The lowest BCUT2D eigenvalue weighted by atomic mass is 10.0. The molecule has 2 aromatic carbocycles. The van der Waals surface area contributed by atoms with Crippen LogP contribution in [0.1, 0.15) is 42.9 Å². The predicted octanol–water partition coefficient (Wildman–Crippen LogP) is 4.38. The Hall–Kier alpha value is -2.29. The van der Waals surface area contributed by atoms with Crippen molar-refractivity contribution in [3.63, 3.8) is 0 Å². The lowest BCUT2D eigenvalue weighted by Crippen LogP contribution is -2.39. The maximum absolute atomic E-state index is 12.4. The molecule has 0 saturated heterocycles. The Morgan fingerprint density at radius 3 is 2.42 bits per heavy atom. The lowest BCUT2D eigenvalue weighted by molar-refractivity contribution is -0.128. The normalized spacial score (nSPS) is 13.2. The van der Waals surface area contributed by atoms with E-state index in [1.807, 2.05) is 50.2 Å². The number of benzene rings is 2. The van der Waals surface area contributed by atoms with Gasteiger partial charge in [-0.3, -0.25) is 4.79 Å². The number of rotatable bonds is 7. The van der Waals surface area contributed by atoms with Crippen LogP contribution in [0.4, 0.5) is 0 Å². The molecule has 128 valence electrons. The highest BCUT2D eigenvalue weighted by atomic mass is 16.5. The van der Waals surface area contributed by atoms with Gasteiger partial charge in [-0.1, -0.05) is 50.2 Å². The van der Waals surface area contributed by atoms with E-state index in [0.29, 0.717) is 13.0 Å². The first-order valence-corrected chi connectivity index (χ1v) is 8.57. The maximum Gasteiger partial charge on any atom is 0.261 e. The quantitative estimate of drug-likeness (QED) is 0.820. The molecule has 0 unspecified atom stereocenters. The third-order valence-electron chi connectivity index (χ3n) is 4.37. The van der Waals surface area contributed by atoms with Gasteiger partial charge in [-0.25, -0.2) is 0 Å². The number of nitrogens with one attached hydrogen (secondary N) is 1. The summed E-state index contributed by atoms with van der Waals surface area (Å²) in [5.74, 6) is 0.962. The first-order valence-electron chi connectivity index (χ1n) is 8.57. The fraction of sp³-hybridized carbons (Fsp3) is 0.381. The van der Waals surface area contributed by atoms with Crippen molar-refractivity contribution in [2.45, 2.75) is 46.1 Å². The summed E-state index contributed by atoms with van der Waals surface area (Å²) >= 11 is 0. The number of ether oxygens (including phenoxy) is 1. The van der Waals surface area contributed by atoms with Crippen LogP contribution in [0.25, 0.3) is 0 Å². The Bertz CT molecular complexity index is 667. The average molecular weight is 325 g/mol. The first kappa shape index (κ1) is 18.1.